The van der Waals surface area contributed by atoms with Gasteiger partial charge in [-0.05, 0) is 5.22 Å². The minimum absolute atomic E-state index is 0.565. The monoisotopic (exact) mass is 155 g/mol. The first-order valence-corrected chi connectivity index (χ1v) is 4.28. The summed E-state index contributed by atoms with van der Waals surface area (Å²) in [5.74, 6) is 0.565. The summed E-state index contributed by atoms with van der Waals surface area (Å²) in [7, 11) is 0. The first kappa shape index (κ1) is 6.18. The van der Waals surface area contributed by atoms with Gasteiger partial charge in [-0.1, -0.05) is 30.3 Å². The van der Waals surface area contributed by atoms with Gasteiger partial charge in [0.1, 0.15) is 0 Å². The number of benzene rings is 1. The summed E-state index contributed by atoms with van der Waals surface area (Å²) in [6.07, 6.45) is 5.46. The summed E-state index contributed by atoms with van der Waals surface area (Å²) in [5, 5.41) is 2.67. The van der Waals surface area contributed by atoms with Crippen molar-refractivity contribution in [1.29, 1.82) is 0 Å². The third-order valence-electron chi connectivity index (χ3n) is 2.52. The number of rotatable bonds is 0. The zero-order valence-electron chi connectivity index (χ0n) is 6.70. The maximum Gasteiger partial charge on any atom is 0.0487 e. The van der Waals surface area contributed by atoms with Crippen LogP contribution < -0.4 is 10.4 Å². The maximum atomic E-state index is 4.40. The van der Waals surface area contributed by atoms with E-state index >= 15 is 0 Å². The molecule has 12 heavy (non-hydrogen) atoms. The normalized spacial score (nSPS) is 23.7. The fourth-order valence-electron chi connectivity index (χ4n) is 1.93. The Morgan fingerprint density at radius 3 is 3.17 bits per heavy atom. The van der Waals surface area contributed by atoms with Gasteiger partial charge in [0.15, 0.2) is 0 Å². The quantitative estimate of drug-likeness (QED) is 0.522. The molecule has 0 N–H and O–H groups in total. The van der Waals surface area contributed by atoms with Gasteiger partial charge in [-0.25, -0.2) is 0 Å². The zero-order chi connectivity index (χ0) is 7.97. The number of nitrogens with zero attached hydrogens (tertiary/aromatic N) is 1. The van der Waals surface area contributed by atoms with Gasteiger partial charge in [-0.3, -0.25) is 4.99 Å². The van der Waals surface area contributed by atoms with Crippen LogP contribution in [0.3, 0.4) is 0 Å². The first-order valence-electron chi connectivity index (χ1n) is 4.28. The van der Waals surface area contributed by atoms with Crippen molar-refractivity contribution in [2.75, 3.05) is 0 Å². The Morgan fingerprint density at radius 2 is 2.17 bits per heavy atom. The Kier molecular flexibility index (Phi) is 1.06. The molecule has 58 valence electrons. The fraction of sp³-hybridized carbons (Fsp3) is 0.182. The highest BCUT2D eigenvalue weighted by Gasteiger charge is 2.16. The van der Waals surface area contributed by atoms with E-state index in [9.17, 15) is 0 Å². The predicted molar refractivity (Wildman–Crippen MR) is 50.2 cm³/mol. The highest BCUT2D eigenvalue weighted by molar-refractivity contribution is 5.82. The summed E-state index contributed by atoms with van der Waals surface area (Å²) in [5.41, 5.74) is 1.26. The van der Waals surface area contributed by atoms with Crippen molar-refractivity contribution in [1.82, 2.24) is 0 Å². The average molecular weight is 155 g/mol. The average Bonchev–Trinajstić information content (AvgIpc) is 2.49. The van der Waals surface area contributed by atoms with Gasteiger partial charge in [-0.15, -0.1) is 0 Å². The van der Waals surface area contributed by atoms with Crippen molar-refractivity contribution < 1.29 is 0 Å². The molecule has 1 unspecified atom stereocenters. The third-order valence-corrected chi connectivity index (χ3v) is 2.52. The molecule has 1 aromatic carbocycles. The van der Waals surface area contributed by atoms with Crippen LogP contribution in [-0.4, -0.2) is 6.21 Å². The summed E-state index contributed by atoms with van der Waals surface area (Å²) >= 11 is 0. The summed E-state index contributed by atoms with van der Waals surface area (Å²) in [6.45, 7) is 0. The van der Waals surface area contributed by atoms with Crippen LogP contribution in [0.5, 0.6) is 0 Å². The second-order valence-electron chi connectivity index (χ2n) is 3.35. The van der Waals surface area contributed by atoms with Crippen LogP contribution >= 0.6 is 0 Å². The molecule has 1 atom stereocenters. The molecule has 3 rings (SSSR count). The van der Waals surface area contributed by atoms with Crippen LogP contribution in [0, 0.1) is 5.92 Å². The third kappa shape index (κ3) is 0.708. The van der Waals surface area contributed by atoms with Gasteiger partial charge in [0, 0.05) is 29.5 Å². The van der Waals surface area contributed by atoms with Crippen LogP contribution in [0.15, 0.2) is 29.3 Å². The minimum Gasteiger partial charge on any atom is -0.264 e. The molecule has 1 nitrogen and oxygen atoms in total. The van der Waals surface area contributed by atoms with E-state index < -0.39 is 0 Å². The lowest BCUT2D eigenvalue weighted by Crippen LogP contribution is -2.29. The molecule has 1 aliphatic heterocycles. The molecule has 0 saturated carbocycles. The molecule has 1 aromatic rings. The van der Waals surface area contributed by atoms with E-state index in [2.05, 4.69) is 41.5 Å². The zero-order valence-corrected chi connectivity index (χ0v) is 6.70. The van der Waals surface area contributed by atoms with Crippen LogP contribution in [0.25, 0.3) is 11.8 Å². The van der Waals surface area contributed by atoms with Crippen LogP contribution in [0.2, 0.25) is 0 Å². The molecule has 0 spiro atoms. The van der Waals surface area contributed by atoms with E-state index in [0.717, 1.165) is 6.42 Å². The van der Waals surface area contributed by atoms with Gasteiger partial charge in [0.2, 0.25) is 0 Å². The van der Waals surface area contributed by atoms with Gasteiger partial charge in [0.05, 0.1) is 0 Å². The summed E-state index contributed by atoms with van der Waals surface area (Å²) in [6, 6.07) is 8.48. The van der Waals surface area contributed by atoms with E-state index in [0.29, 0.717) is 5.92 Å². The topological polar surface area (TPSA) is 12.4 Å². The summed E-state index contributed by atoms with van der Waals surface area (Å²) in [4.78, 5) is 4.40. The Hall–Kier alpha value is -1.37. The Morgan fingerprint density at radius 1 is 1.25 bits per heavy atom. The molecule has 0 amide bonds. The molecular formula is C11H9N. The molecule has 0 radical (unpaired) electrons. The van der Waals surface area contributed by atoms with Crippen molar-refractivity contribution in [2.45, 2.75) is 6.42 Å². The molecule has 2 bridgehead atoms. The van der Waals surface area contributed by atoms with Crippen LogP contribution in [-0.2, 0) is 0 Å². The smallest absolute Gasteiger partial charge is 0.0487 e. The largest absolute Gasteiger partial charge is 0.264 e. The Bertz CT molecular complexity index is 468. The van der Waals surface area contributed by atoms with Gasteiger partial charge in [-0.2, -0.15) is 0 Å². The number of fused-ring (bicyclic) bond motifs is 3. The van der Waals surface area contributed by atoms with Crippen molar-refractivity contribution in [3.8, 4) is 0 Å². The summed E-state index contributed by atoms with van der Waals surface area (Å²) < 4.78 is 0. The second-order valence-corrected chi connectivity index (χ2v) is 3.35. The lowest BCUT2D eigenvalue weighted by molar-refractivity contribution is 0.970. The van der Waals surface area contributed by atoms with E-state index in [1.165, 1.54) is 16.1 Å². The molecule has 0 aromatic heterocycles. The van der Waals surface area contributed by atoms with Crippen molar-refractivity contribution in [2.24, 2.45) is 10.9 Å². The first-order chi connectivity index (χ1) is 5.93. The lowest BCUT2D eigenvalue weighted by atomic mass is 9.99. The van der Waals surface area contributed by atoms with Crippen molar-refractivity contribution >= 4 is 18.0 Å². The maximum absolute atomic E-state index is 4.40. The van der Waals surface area contributed by atoms with Crippen molar-refractivity contribution in [3.05, 3.63) is 34.7 Å². The predicted octanol–water partition coefficient (Wildman–Crippen LogP) is 0.680. The molecule has 2 aliphatic rings. The number of hydrogen-bond acceptors (Lipinski definition) is 1. The van der Waals surface area contributed by atoms with Gasteiger partial charge < -0.3 is 0 Å². The molecule has 0 saturated heterocycles. The molecule has 1 heterocycles. The fourth-order valence-corrected chi connectivity index (χ4v) is 1.93. The minimum atomic E-state index is 0.565. The SMILES string of the molecule is C1=NC2=c3ccccc3=CC1C2. The van der Waals surface area contributed by atoms with Gasteiger partial charge in [0.25, 0.3) is 0 Å². The van der Waals surface area contributed by atoms with E-state index in [4.69, 9.17) is 0 Å². The van der Waals surface area contributed by atoms with Crippen molar-refractivity contribution in [3.63, 3.8) is 0 Å². The van der Waals surface area contributed by atoms with Crippen LogP contribution in [0.1, 0.15) is 6.42 Å². The van der Waals surface area contributed by atoms with Gasteiger partial charge >= 0.3 is 0 Å². The van der Waals surface area contributed by atoms with E-state index in [1.807, 2.05) is 0 Å². The molecule has 0 fully saturated rings. The number of hydrogen-bond donors (Lipinski definition) is 0. The highest BCUT2D eigenvalue weighted by Crippen LogP contribution is 2.21. The Balaban J connectivity index is 2.54. The standard InChI is InChI=1S/C11H9N/c1-2-4-10-9(3-1)5-8-6-11(10)12-7-8/h1-5,7-8H,6H2. The number of aliphatic imine (C=N–C) groups is 1. The second kappa shape index (κ2) is 2.07. The highest BCUT2D eigenvalue weighted by atomic mass is 14.8. The van der Waals surface area contributed by atoms with E-state index in [1.54, 1.807) is 0 Å². The van der Waals surface area contributed by atoms with Crippen LogP contribution in [0.4, 0.5) is 0 Å². The lowest BCUT2D eigenvalue weighted by Gasteiger charge is -2.04. The van der Waals surface area contributed by atoms with E-state index in [-0.39, 0.29) is 0 Å². The Labute approximate surface area is 70.8 Å². The molecular weight excluding hydrogens is 146 g/mol. The molecule has 1 aliphatic carbocycles. The molecule has 1 heteroatoms.